The van der Waals surface area contributed by atoms with Crippen LogP contribution in [-0.4, -0.2) is 38.0 Å². The van der Waals surface area contributed by atoms with Crippen molar-refractivity contribution in [1.29, 1.82) is 0 Å². The lowest BCUT2D eigenvalue weighted by atomic mass is 10.1. The quantitative estimate of drug-likeness (QED) is 0.415. The Morgan fingerprint density at radius 3 is 2.47 bits per heavy atom. The van der Waals surface area contributed by atoms with Gasteiger partial charge in [0.25, 0.3) is 11.8 Å². The molecule has 3 rings (SSSR count). The summed E-state index contributed by atoms with van der Waals surface area (Å²) in [5.41, 5.74) is 3.50. The molecule has 0 unspecified atom stereocenters. The summed E-state index contributed by atoms with van der Waals surface area (Å²) < 4.78 is 10.7. The minimum absolute atomic E-state index is 0.00455. The standard InChI is InChI=1S/C24H23N3O4S/c1-16-9-11-20(32-16)15-25-27-24(29)21(26-23(28)17-7-5-4-6-8-17)14-18-13-19(30-2)10-12-22(18)31-3/h4-13,15H,14H2,1-3H3,(H,27,29)/b25-15+,26-21?. The van der Waals surface area contributed by atoms with E-state index in [9.17, 15) is 9.59 Å². The topological polar surface area (TPSA) is 89.4 Å². The summed E-state index contributed by atoms with van der Waals surface area (Å²) in [6.07, 6.45) is 1.61. The van der Waals surface area contributed by atoms with Gasteiger partial charge in [0.1, 0.15) is 17.2 Å². The number of aryl methyl sites for hydroxylation is 1. The van der Waals surface area contributed by atoms with Crippen LogP contribution in [0.25, 0.3) is 0 Å². The van der Waals surface area contributed by atoms with Crippen LogP contribution in [-0.2, 0) is 11.2 Å². The number of nitrogens with zero attached hydrogens (tertiary/aromatic N) is 2. The molecule has 1 heterocycles. The maximum atomic E-state index is 12.9. The van der Waals surface area contributed by atoms with Crippen LogP contribution in [0.1, 0.15) is 25.7 Å². The van der Waals surface area contributed by atoms with Crippen LogP contribution in [0.4, 0.5) is 0 Å². The van der Waals surface area contributed by atoms with Gasteiger partial charge in [-0.1, -0.05) is 18.2 Å². The second kappa shape index (κ2) is 11.0. The number of aliphatic imine (C=N–C) groups is 1. The molecule has 8 heteroatoms. The Hall–Kier alpha value is -3.78. The highest BCUT2D eigenvalue weighted by Gasteiger charge is 2.18. The highest BCUT2D eigenvalue weighted by atomic mass is 32.1. The van der Waals surface area contributed by atoms with E-state index in [1.807, 2.05) is 19.1 Å². The van der Waals surface area contributed by atoms with Crippen molar-refractivity contribution in [2.75, 3.05) is 14.2 Å². The Bertz CT molecular complexity index is 1150. The van der Waals surface area contributed by atoms with Gasteiger partial charge in [0.15, 0.2) is 0 Å². The number of methoxy groups -OCH3 is 2. The first-order valence-electron chi connectivity index (χ1n) is 9.78. The third-order valence-corrected chi connectivity index (χ3v) is 5.42. The number of carbonyl (C=O) groups excluding carboxylic acids is 2. The minimum Gasteiger partial charge on any atom is -0.497 e. The zero-order valence-corrected chi connectivity index (χ0v) is 18.8. The zero-order valence-electron chi connectivity index (χ0n) is 18.0. The van der Waals surface area contributed by atoms with Crippen molar-refractivity contribution in [1.82, 2.24) is 5.43 Å². The highest BCUT2D eigenvalue weighted by Crippen LogP contribution is 2.25. The molecule has 3 aromatic rings. The molecule has 0 spiro atoms. The smallest absolute Gasteiger partial charge is 0.286 e. The summed E-state index contributed by atoms with van der Waals surface area (Å²) in [5.74, 6) is 0.0520. The Morgan fingerprint density at radius 2 is 1.81 bits per heavy atom. The van der Waals surface area contributed by atoms with Crippen LogP contribution < -0.4 is 14.9 Å². The van der Waals surface area contributed by atoms with Crippen LogP contribution in [0.5, 0.6) is 11.5 Å². The number of hydrogen-bond donors (Lipinski definition) is 1. The van der Waals surface area contributed by atoms with E-state index in [1.165, 1.54) is 7.11 Å². The number of hydrazone groups is 1. The molecular weight excluding hydrogens is 426 g/mol. The van der Waals surface area contributed by atoms with Crippen LogP contribution >= 0.6 is 11.3 Å². The van der Waals surface area contributed by atoms with E-state index < -0.39 is 11.8 Å². The predicted molar refractivity (Wildman–Crippen MR) is 126 cm³/mol. The number of nitrogens with one attached hydrogen (secondary N) is 1. The molecule has 0 radical (unpaired) electrons. The fraction of sp³-hybridized carbons (Fsp3) is 0.167. The van der Waals surface area contributed by atoms with Gasteiger partial charge in [-0.05, 0) is 49.4 Å². The van der Waals surface area contributed by atoms with Crippen molar-refractivity contribution in [3.63, 3.8) is 0 Å². The van der Waals surface area contributed by atoms with Crippen molar-refractivity contribution in [3.05, 3.63) is 81.5 Å². The first kappa shape index (κ1) is 22.9. The summed E-state index contributed by atoms with van der Waals surface area (Å²) in [4.78, 5) is 31.7. The molecule has 0 fully saturated rings. The highest BCUT2D eigenvalue weighted by molar-refractivity contribution is 7.13. The van der Waals surface area contributed by atoms with Crippen molar-refractivity contribution < 1.29 is 19.1 Å². The molecular formula is C24H23N3O4S. The number of benzene rings is 2. The van der Waals surface area contributed by atoms with E-state index in [-0.39, 0.29) is 12.1 Å². The summed E-state index contributed by atoms with van der Waals surface area (Å²) in [5, 5.41) is 4.01. The van der Waals surface area contributed by atoms with Gasteiger partial charge in [-0.15, -0.1) is 11.3 Å². The molecule has 0 aliphatic carbocycles. The molecule has 164 valence electrons. The van der Waals surface area contributed by atoms with E-state index >= 15 is 0 Å². The number of amides is 2. The molecule has 1 N–H and O–H groups in total. The van der Waals surface area contributed by atoms with Crippen LogP contribution in [0, 0.1) is 6.92 Å². The second-order valence-electron chi connectivity index (χ2n) is 6.73. The lowest BCUT2D eigenvalue weighted by Crippen LogP contribution is -2.30. The van der Waals surface area contributed by atoms with E-state index in [2.05, 4.69) is 15.5 Å². The average molecular weight is 450 g/mol. The van der Waals surface area contributed by atoms with Gasteiger partial charge < -0.3 is 9.47 Å². The third-order valence-electron chi connectivity index (χ3n) is 4.48. The molecule has 0 aliphatic rings. The van der Waals surface area contributed by atoms with E-state index in [4.69, 9.17) is 9.47 Å². The monoisotopic (exact) mass is 449 g/mol. The summed E-state index contributed by atoms with van der Waals surface area (Å²) >= 11 is 1.55. The summed E-state index contributed by atoms with van der Waals surface area (Å²) in [6, 6.07) is 17.7. The van der Waals surface area contributed by atoms with Crippen molar-refractivity contribution in [2.24, 2.45) is 10.1 Å². The minimum atomic E-state index is -0.580. The predicted octanol–water partition coefficient (Wildman–Crippen LogP) is 4.05. The molecule has 1 aromatic heterocycles. The molecule has 0 saturated carbocycles. The Labute approximate surface area is 190 Å². The SMILES string of the molecule is COc1ccc(OC)c(CC(=NC(=O)c2ccccc2)C(=O)N/N=C/c2ccc(C)s2)c1. The van der Waals surface area contributed by atoms with E-state index in [1.54, 1.807) is 73.2 Å². The molecule has 32 heavy (non-hydrogen) atoms. The maximum absolute atomic E-state index is 12.9. The van der Waals surface area contributed by atoms with Gasteiger partial charge >= 0.3 is 0 Å². The van der Waals surface area contributed by atoms with Crippen LogP contribution in [0.3, 0.4) is 0 Å². The van der Waals surface area contributed by atoms with Crippen molar-refractivity contribution in [3.8, 4) is 11.5 Å². The second-order valence-corrected chi connectivity index (χ2v) is 8.05. The summed E-state index contributed by atoms with van der Waals surface area (Å²) in [6.45, 7) is 1.99. The molecule has 0 bridgehead atoms. The van der Waals surface area contributed by atoms with Crippen molar-refractivity contribution in [2.45, 2.75) is 13.3 Å². The Kier molecular flexibility index (Phi) is 7.88. The molecule has 0 aliphatic heterocycles. The average Bonchev–Trinajstić information content (AvgIpc) is 3.23. The Balaban J connectivity index is 1.88. The zero-order chi connectivity index (χ0) is 22.9. The molecule has 2 amide bonds. The van der Waals surface area contributed by atoms with Gasteiger partial charge in [-0.25, -0.2) is 10.4 Å². The third kappa shape index (κ3) is 6.12. The van der Waals surface area contributed by atoms with Gasteiger partial charge in [-0.2, -0.15) is 5.10 Å². The van der Waals surface area contributed by atoms with Crippen molar-refractivity contribution >= 4 is 35.1 Å². The first-order valence-corrected chi connectivity index (χ1v) is 10.6. The summed E-state index contributed by atoms with van der Waals surface area (Å²) in [7, 11) is 3.08. The van der Waals surface area contributed by atoms with Crippen LogP contribution in [0.2, 0.25) is 0 Å². The molecule has 2 aromatic carbocycles. The fourth-order valence-electron chi connectivity index (χ4n) is 2.88. The maximum Gasteiger partial charge on any atom is 0.286 e. The fourth-order valence-corrected chi connectivity index (χ4v) is 3.63. The van der Waals surface area contributed by atoms with E-state index in [0.29, 0.717) is 22.6 Å². The number of rotatable bonds is 8. The Morgan fingerprint density at radius 1 is 1.03 bits per heavy atom. The lowest BCUT2D eigenvalue weighted by Gasteiger charge is -2.11. The number of thiophene rings is 1. The first-order chi connectivity index (χ1) is 15.5. The number of carbonyl (C=O) groups is 2. The van der Waals surface area contributed by atoms with Crippen LogP contribution in [0.15, 0.2) is 70.8 Å². The molecule has 7 nitrogen and oxygen atoms in total. The number of hydrogen-bond acceptors (Lipinski definition) is 6. The van der Waals surface area contributed by atoms with Gasteiger partial charge in [0, 0.05) is 27.3 Å². The molecule has 0 saturated heterocycles. The normalized spacial score (nSPS) is 11.4. The van der Waals surface area contributed by atoms with Gasteiger partial charge in [0.2, 0.25) is 0 Å². The number of ether oxygens (including phenoxy) is 2. The largest absolute Gasteiger partial charge is 0.497 e. The van der Waals surface area contributed by atoms with E-state index in [0.717, 1.165) is 9.75 Å². The lowest BCUT2D eigenvalue weighted by molar-refractivity contribution is -0.114. The molecule has 0 atom stereocenters. The van der Waals surface area contributed by atoms with Gasteiger partial charge in [-0.3, -0.25) is 9.59 Å². The van der Waals surface area contributed by atoms with Gasteiger partial charge in [0.05, 0.1) is 20.4 Å².